The number of benzene rings is 1. The van der Waals surface area contributed by atoms with Crippen LogP contribution in [0.15, 0.2) is 45.8 Å². The van der Waals surface area contributed by atoms with Crippen LogP contribution in [0.1, 0.15) is 48.6 Å². The summed E-state index contributed by atoms with van der Waals surface area (Å²) in [4.78, 5) is 15.1. The standard InChI is InChI=1S/C21H20N4OS2/c26-19-18(12-14-13-23-17-9-5-4-8-16(14)17)28-21(24-20-22-10-11-27-20)25(19)15-6-2-1-3-7-15/h4-5,8-13,15,26H,1-3,6-7H2/b14-12+,24-21+. The molecular weight excluding hydrogens is 388 g/mol. The number of allylic oxidation sites excluding steroid dienone is 1. The van der Waals surface area contributed by atoms with Gasteiger partial charge in [0.05, 0.1) is 10.6 Å². The van der Waals surface area contributed by atoms with Crippen molar-refractivity contribution in [1.82, 2.24) is 9.55 Å². The molecule has 7 heteroatoms. The van der Waals surface area contributed by atoms with Gasteiger partial charge in [0.25, 0.3) is 0 Å². The van der Waals surface area contributed by atoms with Gasteiger partial charge in [-0.1, -0.05) is 48.8 Å². The first-order valence-electron chi connectivity index (χ1n) is 9.53. The maximum atomic E-state index is 11.1. The lowest BCUT2D eigenvalue weighted by Crippen LogP contribution is -2.22. The zero-order chi connectivity index (χ0) is 18.9. The molecule has 1 aliphatic heterocycles. The van der Waals surface area contributed by atoms with Crippen molar-refractivity contribution in [1.29, 1.82) is 0 Å². The first-order valence-corrected chi connectivity index (χ1v) is 11.2. The maximum Gasteiger partial charge on any atom is 0.211 e. The molecule has 28 heavy (non-hydrogen) atoms. The molecule has 2 aliphatic rings. The summed E-state index contributed by atoms with van der Waals surface area (Å²) in [6.45, 7) is 0. The zero-order valence-electron chi connectivity index (χ0n) is 15.3. The van der Waals surface area contributed by atoms with E-state index in [4.69, 9.17) is 4.99 Å². The minimum Gasteiger partial charge on any atom is -0.493 e. The summed E-state index contributed by atoms with van der Waals surface area (Å²) < 4.78 is 2.02. The molecule has 3 aromatic rings. The van der Waals surface area contributed by atoms with E-state index in [1.54, 1.807) is 6.20 Å². The molecule has 5 nitrogen and oxygen atoms in total. The van der Waals surface area contributed by atoms with Crippen molar-refractivity contribution in [3.8, 4) is 5.88 Å². The molecule has 0 unspecified atom stereocenters. The van der Waals surface area contributed by atoms with Gasteiger partial charge in [-0.05, 0) is 25.0 Å². The molecule has 142 valence electrons. The average molecular weight is 409 g/mol. The third-order valence-electron chi connectivity index (χ3n) is 5.25. The molecule has 1 aliphatic carbocycles. The highest BCUT2D eigenvalue weighted by atomic mass is 32.1. The van der Waals surface area contributed by atoms with Crippen molar-refractivity contribution in [3.63, 3.8) is 0 Å². The number of rotatable bonds is 3. The quantitative estimate of drug-likeness (QED) is 0.604. The molecule has 1 N–H and O–H groups in total. The lowest BCUT2D eigenvalue weighted by molar-refractivity contribution is 0.307. The van der Waals surface area contributed by atoms with Gasteiger partial charge in [-0.3, -0.25) is 9.56 Å². The second-order valence-electron chi connectivity index (χ2n) is 7.04. The summed E-state index contributed by atoms with van der Waals surface area (Å²) in [7, 11) is 0. The predicted octanol–water partition coefficient (Wildman–Crippen LogP) is 5.71. The largest absolute Gasteiger partial charge is 0.493 e. The number of nitrogens with zero attached hydrogens (tertiary/aromatic N) is 4. The Morgan fingerprint density at radius 2 is 2.04 bits per heavy atom. The molecule has 0 bridgehead atoms. The molecule has 1 saturated carbocycles. The van der Waals surface area contributed by atoms with Crippen molar-refractivity contribution >= 4 is 51.4 Å². The normalized spacial score (nSPS) is 18.9. The van der Waals surface area contributed by atoms with E-state index in [2.05, 4.69) is 16.0 Å². The SMILES string of the molecule is Oc1c(/C=C2\C=Nc3ccccc32)s/c(=N/c2nccs2)n1C1CCCCC1. The molecule has 2 aromatic heterocycles. The van der Waals surface area contributed by atoms with E-state index in [-0.39, 0.29) is 0 Å². The van der Waals surface area contributed by atoms with E-state index in [1.165, 1.54) is 41.9 Å². The summed E-state index contributed by atoms with van der Waals surface area (Å²) in [6.07, 6.45) is 11.5. The molecule has 0 spiro atoms. The second-order valence-corrected chi connectivity index (χ2v) is 8.92. The number of hydrogen-bond acceptors (Lipinski definition) is 6. The molecule has 1 fully saturated rings. The molecule has 5 rings (SSSR count). The van der Waals surface area contributed by atoms with Crippen LogP contribution in [-0.4, -0.2) is 20.9 Å². The Labute approximate surface area is 171 Å². The smallest absolute Gasteiger partial charge is 0.211 e. The first kappa shape index (κ1) is 17.6. The van der Waals surface area contributed by atoms with Crippen LogP contribution in [0.5, 0.6) is 5.88 Å². The van der Waals surface area contributed by atoms with E-state index >= 15 is 0 Å². The van der Waals surface area contributed by atoms with Gasteiger partial charge in [0.15, 0.2) is 4.80 Å². The van der Waals surface area contributed by atoms with Crippen LogP contribution in [-0.2, 0) is 0 Å². The Kier molecular flexibility index (Phi) is 4.70. The van der Waals surface area contributed by atoms with Gasteiger partial charge in [-0.15, -0.1) is 11.3 Å². The number of para-hydroxylation sites is 1. The molecule has 0 radical (unpaired) electrons. The van der Waals surface area contributed by atoms with Crippen LogP contribution in [0, 0.1) is 0 Å². The van der Waals surface area contributed by atoms with E-state index in [1.807, 2.05) is 40.4 Å². The molecule has 1 aromatic carbocycles. The number of aliphatic imine (C=N–C) groups is 1. The lowest BCUT2D eigenvalue weighted by atomic mass is 9.95. The van der Waals surface area contributed by atoms with Crippen molar-refractivity contribution in [2.75, 3.05) is 0 Å². The number of fused-ring (bicyclic) bond motifs is 1. The topological polar surface area (TPSA) is 62.8 Å². The van der Waals surface area contributed by atoms with Gasteiger partial charge >= 0.3 is 0 Å². The van der Waals surface area contributed by atoms with Crippen LogP contribution in [0.25, 0.3) is 11.6 Å². The van der Waals surface area contributed by atoms with Crippen molar-refractivity contribution in [3.05, 3.63) is 51.1 Å². The predicted molar refractivity (Wildman–Crippen MR) is 116 cm³/mol. The van der Waals surface area contributed by atoms with Crippen molar-refractivity contribution in [2.24, 2.45) is 9.98 Å². The third kappa shape index (κ3) is 3.25. The van der Waals surface area contributed by atoms with Gasteiger partial charge in [-0.2, -0.15) is 4.99 Å². The zero-order valence-corrected chi connectivity index (χ0v) is 16.9. The Balaban J connectivity index is 1.63. The van der Waals surface area contributed by atoms with E-state index < -0.39 is 0 Å². The third-order valence-corrected chi connectivity index (χ3v) is 6.91. The Morgan fingerprint density at radius 1 is 1.18 bits per heavy atom. The van der Waals surface area contributed by atoms with Crippen LogP contribution < -0.4 is 4.80 Å². The van der Waals surface area contributed by atoms with Gasteiger partial charge < -0.3 is 5.11 Å². The fourth-order valence-corrected chi connectivity index (χ4v) is 5.49. The monoisotopic (exact) mass is 408 g/mol. The molecule has 0 saturated heterocycles. The summed E-state index contributed by atoms with van der Waals surface area (Å²) in [5.74, 6) is 0.303. The Bertz CT molecular complexity index is 1120. The first-order chi connectivity index (χ1) is 13.8. The van der Waals surface area contributed by atoms with Crippen LogP contribution >= 0.6 is 22.7 Å². The van der Waals surface area contributed by atoms with Gasteiger partial charge in [0, 0.05) is 35.0 Å². The summed E-state index contributed by atoms with van der Waals surface area (Å²) in [5, 5.41) is 13.7. The van der Waals surface area contributed by atoms with E-state index in [0.29, 0.717) is 11.9 Å². The number of thiazole rings is 2. The molecule has 0 atom stereocenters. The highest BCUT2D eigenvalue weighted by molar-refractivity contribution is 7.13. The lowest BCUT2D eigenvalue weighted by Gasteiger charge is -2.23. The van der Waals surface area contributed by atoms with Gasteiger partial charge in [0.2, 0.25) is 11.0 Å². The van der Waals surface area contributed by atoms with Gasteiger partial charge in [-0.25, -0.2) is 4.98 Å². The Morgan fingerprint density at radius 3 is 2.86 bits per heavy atom. The fraction of sp³-hybridized carbons (Fsp3) is 0.286. The summed E-state index contributed by atoms with van der Waals surface area (Å²) in [6, 6.07) is 8.37. The highest BCUT2D eigenvalue weighted by Crippen LogP contribution is 2.37. The average Bonchev–Trinajstić information content (AvgIpc) is 3.44. The van der Waals surface area contributed by atoms with Crippen LogP contribution in [0.3, 0.4) is 0 Å². The number of aromatic nitrogens is 2. The molecular formula is C21H20N4OS2. The molecule has 0 amide bonds. The van der Waals surface area contributed by atoms with Crippen LogP contribution in [0.4, 0.5) is 10.8 Å². The van der Waals surface area contributed by atoms with Gasteiger partial charge in [0.1, 0.15) is 0 Å². The minimum atomic E-state index is 0.292. The maximum absolute atomic E-state index is 11.1. The summed E-state index contributed by atoms with van der Waals surface area (Å²) in [5.41, 5.74) is 3.08. The highest BCUT2D eigenvalue weighted by Gasteiger charge is 2.23. The van der Waals surface area contributed by atoms with Crippen LogP contribution in [0.2, 0.25) is 0 Å². The number of aromatic hydroxyl groups is 1. The summed E-state index contributed by atoms with van der Waals surface area (Å²) >= 11 is 3.02. The second kappa shape index (κ2) is 7.48. The fourth-order valence-electron chi connectivity index (χ4n) is 3.89. The Hall–Kier alpha value is -2.51. The number of hydrogen-bond donors (Lipinski definition) is 1. The van der Waals surface area contributed by atoms with Crippen molar-refractivity contribution in [2.45, 2.75) is 38.1 Å². The van der Waals surface area contributed by atoms with E-state index in [9.17, 15) is 5.11 Å². The minimum absolute atomic E-state index is 0.292. The molecule has 3 heterocycles. The van der Waals surface area contributed by atoms with Crippen molar-refractivity contribution < 1.29 is 5.11 Å². The van der Waals surface area contributed by atoms with E-state index in [0.717, 1.165) is 44.5 Å².